The van der Waals surface area contributed by atoms with Crippen LogP contribution in [0.4, 0.5) is 11.6 Å². The number of nitrogens with zero attached hydrogens (tertiary/aromatic N) is 3. The number of nitrogens with one attached hydrogen (secondary N) is 3. The van der Waals surface area contributed by atoms with E-state index in [-0.39, 0.29) is 79.9 Å². The summed E-state index contributed by atoms with van der Waals surface area (Å²) in [5.41, 5.74) is 13.9. The van der Waals surface area contributed by atoms with E-state index in [1.165, 1.54) is 0 Å². The van der Waals surface area contributed by atoms with Crippen LogP contribution in [-0.2, 0) is 22.4 Å². The average Bonchev–Trinajstić information content (AvgIpc) is 3.14. The number of carbonyl (C=O) groups excluding carboxylic acids is 3. The zero-order valence-electron chi connectivity index (χ0n) is 29.3. The number of hydrogen-bond acceptors (Lipinski definition) is 11. The number of ether oxygens (including phenoxy) is 2. The Labute approximate surface area is 308 Å². The van der Waals surface area contributed by atoms with Crippen molar-refractivity contribution < 1.29 is 38.6 Å². The van der Waals surface area contributed by atoms with E-state index in [1.54, 1.807) is 0 Å². The molecule has 0 spiro atoms. The van der Waals surface area contributed by atoms with Gasteiger partial charge in [0.1, 0.15) is 11.5 Å². The highest BCUT2D eigenvalue weighted by Crippen LogP contribution is 2.25. The zero-order chi connectivity index (χ0) is 37.3. The number of aliphatic hydroxyl groups is 2. The van der Waals surface area contributed by atoms with Gasteiger partial charge in [-0.3, -0.25) is 14.4 Å². The molecule has 1 aliphatic heterocycles. The summed E-state index contributed by atoms with van der Waals surface area (Å²) < 4.78 is 12.0. The van der Waals surface area contributed by atoms with Crippen molar-refractivity contribution in [1.82, 2.24) is 25.9 Å². The van der Waals surface area contributed by atoms with Crippen molar-refractivity contribution >= 4 is 41.0 Å². The van der Waals surface area contributed by atoms with Gasteiger partial charge in [0.05, 0.1) is 45.4 Å². The van der Waals surface area contributed by atoms with Crippen molar-refractivity contribution in [3.05, 3.63) is 70.5 Å². The number of rotatable bonds is 20. The molecule has 1 aliphatic rings. The van der Waals surface area contributed by atoms with Gasteiger partial charge < -0.3 is 51.6 Å². The van der Waals surface area contributed by atoms with Gasteiger partial charge in [0, 0.05) is 25.9 Å². The van der Waals surface area contributed by atoms with Crippen LogP contribution in [0.1, 0.15) is 47.3 Å². The van der Waals surface area contributed by atoms with E-state index in [4.69, 9.17) is 42.8 Å². The van der Waals surface area contributed by atoms with Crippen molar-refractivity contribution in [2.45, 2.75) is 44.6 Å². The third-order valence-corrected chi connectivity index (χ3v) is 9.18. The lowest BCUT2D eigenvalue weighted by atomic mass is 9.99. The molecular weight excluding hydrogens is 692 g/mol. The number of carbonyl (C=O) groups is 3. The predicted octanol–water partition coefficient (Wildman–Crippen LogP) is 1.24. The fraction of sp³-hybridized carbons (Fsp3) is 0.472. The van der Waals surface area contributed by atoms with E-state index in [0.717, 1.165) is 80.3 Å². The first kappa shape index (κ1) is 40.1. The quantitative estimate of drug-likeness (QED) is 0.0816. The van der Waals surface area contributed by atoms with Crippen LogP contribution in [0.15, 0.2) is 48.5 Å². The number of aryl methyl sites for hydroxylation is 2. The molecule has 4 rings (SSSR count). The van der Waals surface area contributed by atoms with Crippen molar-refractivity contribution in [2.75, 3.05) is 77.2 Å². The van der Waals surface area contributed by atoms with Gasteiger partial charge in [0.25, 0.3) is 17.7 Å². The number of amides is 3. The van der Waals surface area contributed by atoms with Crippen LogP contribution >= 0.6 is 11.6 Å². The Morgan fingerprint density at radius 3 is 1.83 bits per heavy atom. The van der Waals surface area contributed by atoms with E-state index in [1.807, 2.05) is 48.5 Å². The van der Waals surface area contributed by atoms with E-state index in [2.05, 4.69) is 25.9 Å². The summed E-state index contributed by atoms with van der Waals surface area (Å²) in [7, 11) is 0. The van der Waals surface area contributed by atoms with Crippen LogP contribution in [0.5, 0.6) is 11.5 Å². The summed E-state index contributed by atoms with van der Waals surface area (Å²) in [5, 5.41) is 25.9. The maximum Gasteiger partial charge on any atom is 0.274 e. The molecule has 282 valence electrons. The number of aliphatic hydroxyl groups excluding tert-OH is 2. The maximum atomic E-state index is 13.2. The van der Waals surface area contributed by atoms with Crippen LogP contribution in [0.3, 0.4) is 0 Å². The number of halogens is 1. The van der Waals surface area contributed by atoms with E-state index < -0.39 is 5.91 Å². The molecule has 1 atom stereocenters. The highest BCUT2D eigenvalue weighted by atomic mass is 35.5. The van der Waals surface area contributed by atoms with Crippen molar-refractivity contribution in [3.63, 3.8) is 0 Å². The lowest BCUT2D eigenvalue weighted by molar-refractivity contribution is -0.933. The van der Waals surface area contributed by atoms with Crippen molar-refractivity contribution in [1.29, 1.82) is 0 Å². The molecule has 3 amide bonds. The second-order valence-corrected chi connectivity index (χ2v) is 13.2. The van der Waals surface area contributed by atoms with E-state index >= 15 is 0 Å². The average molecular weight is 742 g/mol. The number of anilines is 2. The fourth-order valence-electron chi connectivity index (χ4n) is 6.35. The topological polar surface area (TPSA) is 224 Å². The normalized spacial score (nSPS) is 15.0. The first-order valence-corrected chi connectivity index (χ1v) is 17.9. The van der Waals surface area contributed by atoms with Gasteiger partial charge in [-0.15, -0.1) is 0 Å². The summed E-state index contributed by atoms with van der Waals surface area (Å²) in [4.78, 5) is 44.8. The first-order chi connectivity index (χ1) is 25.1. The van der Waals surface area contributed by atoms with Crippen molar-refractivity contribution in [3.8, 4) is 11.5 Å². The smallest absolute Gasteiger partial charge is 0.274 e. The molecule has 52 heavy (non-hydrogen) atoms. The molecule has 0 aliphatic carbocycles. The monoisotopic (exact) mass is 741 g/mol. The van der Waals surface area contributed by atoms with E-state index in [0.29, 0.717) is 11.5 Å². The van der Waals surface area contributed by atoms with Gasteiger partial charge in [-0.2, -0.15) is 0 Å². The molecule has 2 heterocycles. The largest absolute Gasteiger partial charge is 0.484 e. The lowest BCUT2D eigenvalue weighted by Gasteiger charge is -2.45. The van der Waals surface area contributed by atoms with Gasteiger partial charge in [0.15, 0.2) is 35.7 Å². The third-order valence-electron chi connectivity index (χ3n) is 8.90. The number of piperidine rings is 1. The Balaban J connectivity index is 1.36. The number of quaternary nitrogens is 1. The Morgan fingerprint density at radius 2 is 1.33 bits per heavy atom. The minimum Gasteiger partial charge on any atom is -0.484 e. The molecule has 1 aromatic heterocycles. The molecule has 0 saturated carbocycles. The van der Waals surface area contributed by atoms with Gasteiger partial charge >= 0.3 is 0 Å². The number of nitrogens with two attached hydrogens (primary N) is 2. The van der Waals surface area contributed by atoms with E-state index in [9.17, 15) is 14.4 Å². The minimum atomic E-state index is -0.432. The molecule has 0 bridgehead atoms. The minimum absolute atomic E-state index is 0.0308. The number of aromatic nitrogens is 2. The molecular formula is C36H50ClN8O7+. The Hall–Kier alpha value is -4.70. The molecule has 0 radical (unpaired) electrons. The van der Waals surface area contributed by atoms with Gasteiger partial charge in [-0.1, -0.05) is 35.9 Å². The Morgan fingerprint density at radius 1 is 0.808 bits per heavy atom. The number of hydrogen-bond donors (Lipinski definition) is 7. The number of benzene rings is 2. The molecule has 2 aromatic carbocycles. The van der Waals surface area contributed by atoms with Gasteiger partial charge in [-0.05, 0) is 61.1 Å². The molecule has 1 fully saturated rings. The Kier molecular flexibility index (Phi) is 15.7. The van der Waals surface area contributed by atoms with Crippen LogP contribution in [-0.4, -0.2) is 114 Å². The lowest BCUT2D eigenvalue weighted by Crippen LogP contribution is -2.60. The standard InChI is InChI=1S/C36H49ClN8O7/c37-33-35(39)44-34(38)32(43-33)36(50)42-27-6-3-19-45(22-27,17-1-4-25-7-11-28(12-8-25)51-23-30(48)40-15-20-46)18-2-5-26-9-13-29(14-10-26)52-24-31(49)41-16-21-47/h7-14,27,46-47H,1-6,15-24H2,(H6-,38,39,40,41,42,44,48,49,50)/p+1. The van der Waals surface area contributed by atoms with Crippen LogP contribution in [0.25, 0.3) is 0 Å². The summed E-state index contributed by atoms with van der Waals surface area (Å²) in [5.74, 6) is 0.0709. The molecule has 16 heteroatoms. The SMILES string of the molecule is Nc1nc(N)c(C(=O)NC2CCC[N+](CCCc3ccc(OCC(=O)NCCO)cc3)(CCCc3ccc(OCC(=O)NCCO)cc3)C2)nc1Cl. The van der Waals surface area contributed by atoms with Crippen LogP contribution in [0, 0.1) is 0 Å². The second kappa shape index (κ2) is 20.4. The highest BCUT2D eigenvalue weighted by Gasteiger charge is 2.35. The second-order valence-electron chi connectivity index (χ2n) is 12.9. The molecule has 9 N–H and O–H groups in total. The molecule has 15 nitrogen and oxygen atoms in total. The molecule has 1 unspecified atom stereocenters. The number of nitrogen functional groups attached to an aromatic ring is 2. The number of likely N-dealkylation sites (tertiary alicyclic amines) is 1. The Bertz CT molecular complexity index is 1540. The van der Waals surface area contributed by atoms with Crippen molar-refractivity contribution in [2.24, 2.45) is 0 Å². The summed E-state index contributed by atoms with van der Waals surface area (Å²) in [6, 6.07) is 15.3. The zero-order valence-corrected chi connectivity index (χ0v) is 30.1. The molecule has 1 saturated heterocycles. The summed E-state index contributed by atoms with van der Waals surface area (Å²) >= 11 is 6.04. The first-order valence-electron chi connectivity index (χ1n) is 17.5. The van der Waals surface area contributed by atoms with Crippen LogP contribution < -0.4 is 36.9 Å². The summed E-state index contributed by atoms with van der Waals surface area (Å²) in [6.07, 6.45) is 5.31. The summed E-state index contributed by atoms with van der Waals surface area (Å²) in [6.45, 7) is 3.44. The van der Waals surface area contributed by atoms with Gasteiger partial charge in [0.2, 0.25) is 0 Å². The maximum absolute atomic E-state index is 13.2. The van der Waals surface area contributed by atoms with Crippen LogP contribution in [0.2, 0.25) is 5.15 Å². The van der Waals surface area contributed by atoms with Gasteiger partial charge in [-0.25, -0.2) is 9.97 Å². The fourth-order valence-corrected chi connectivity index (χ4v) is 6.48. The predicted molar refractivity (Wildman–Crippen MR) is 197 cm³/mol. The third kappa shape index (κ3) is 12.8. The highest BCUT2D eigenvalue weighted by molar-refractivity contribution is 6.31. The molecule has 3 aromatic rings.